The second-order valence-electron chi connectivity index (χ2n) is 6.35. The molecule has 118 valence electrons. The Morgan fingerprint density at radius 1 is 1.50 bits per heavy atom. The SMILES string of the molecule is C/C=C(\C=C/CC1=CC2(C)NC=NC2C=C1Cl)N1CCCC1. The minimum atomic E-state index is -0.125. The molecular weight excluding hydrogens is 294 g/mol. The van der Waals surface area contributed by atoms with E-state index in [-0.39, 0.29) is 11.6 Å². The van der Waals surface area contributed by atoms with E-state index in [1.165, 1.54) is 37.2 Å². The number of nitrogens with zero attached hydrogens (tertiary/aromatic N) is 2. The van der Waals surface area contributed by atoms with Gasteiger partial charge in [0.1, 0.15) is 0 Å². The molecule has 3 aliphatic rings. The number of hydrogen-bond donors (Lipinski definition) is 1. The summed E-state index contributed by atoms with van der Waals surface area (Å²) in [5, 5.41) is 4.16. The molecule has 1 aliphatic carbocycles. The number of halogens is 1. The topological polar surface area (TPSA) is 27.6 Å². The van der Waals surface area contributed by atoms with E-state index in [1.54, 1.807) is 6.34 Å². The lowest BCUT2D eigenvalue weighted by atomic mass is 9.85. The Morgan fingerprint density at radius 2 is 2.27 bits per heavy atom. The highest BCUT2D eigenvalue weighted by molar-refractivity contribution is 6.32. The molecule has 0 aromatic rings. The Hall–Kier alpha value is -1.48. The van der Waals surface area contributed by atoms with Crippen LogP contribution < -0.4 is 5.32 Å². The predicted octanol–water partition coefficient (Wildman–Crippen LogP) is 3.75. The number of rotatable bonds is 4. The summed E-state index contributed by atoms with van der Waals surface area (Å²) in [7, 11) is 0. The molecule has 1 saturated heterocycles. The maximum atomic E-state index is 6.42. The minimum absolute atomic E-state index is 0.114. The molecule has 1 fully saturated rings. The number of fused-ring (bicyclic) bond motifs is 1. The van der Waals surface area contributed by atoms with Crippen molar-refractivity contribution < 1.29 is 0 Å². The molecule has 22 heavy (non-hydrogen) atoms. The molecule has 0 aromatic carbocycles. The van der Waals surface area contributed by atoms with E-state index in [2.05, 4.69) is 59.4 Å². The lowest BCUT2D eigenvalue weighted by Crippen LogP contribution is -2.44. The monoisotopic (exact) mass is 317 g/mol. The van der Waals surface area contributed by atoms with Crippen LogP contribution in [0.15, 0.2) is 51.7 Å². The largest absolute Gasteiger partial charge is 0.372 e. The van der Waals surface area contributed by atoms with Gasteiger partial charge in [-0.1, -0.05) is 29.8 Å². The summed E-state index contributed by atoms with van der Waals surface area (Å²) in [5.41, 5.74) is 2.37. The highest BCUT2D eigenvalue weighted by atomic mass is 35.5. The van der Waals surface area contributed by atoms with Crippen LogP contribution >= 0.6 is 11.6 Å². The van der Waals surface area contributed by atoms with Gasteiger partial charge in [0.25, 0.3) is 0 Å². The Morgan fingerprint density at radius 3 is 3.00 bits per heavy atom. The highest BCUT2D eigenvalue weighted by Crippen LogP contribution is 2.34. The summed E-state index contributed by atoms with van der Waals surface area (Å²) in [6.45, 7) is 6.62. The number of allylic oxidation sites excluding steroid dienone is 5. The van der Waals surface area contributed by atoms with Gasteiger partial charge in [-0.25, -0.2) is 0 Å². The van der Waals surface area contributed by atoms with Crippen LogP contribution in [0.25, 0.3) is 0 Å². The van der Waals surface area contributed by atoms with Crippen molar-refractivity contribution in [2.24, 2.45) is 4.99 Å². The standard InChI is InChI=1S/C18H24ClN3/c1-3-15(22-9-4-5-10-22)8-6-7-14-12-18(2)17(11-16(14)19)20-13-21-18/h3,6,8,11-13,17H,4-5,7,9-10H2,1-2H3,(H,20,21)/b8-6-,15-3+. The predicted molar refractivity (Wildman–Crippen MR) is 94.2 cm³/mol. The summed E-state index contributed by atoms with van der Waals surface area (Å²) in [6, 6.07) is 0.114. The van der Waals surface area contributed by atoms with Gasteiger partial charge < -0.3 is 10.2 Å². The van der Waals surface area contributed by atoms with Crippen molar-refractivity contribution in [1.82, 2.24) is 10.2 Å². The van der Waals surface area contributed by atoms with Crippen LogP contribution in [0.4, 0.5) is 0 Å². The zero-order valence-electron chi connectivity index (χ0n) is 13.3. The van der Waals surface area contributed by atoms with Crippen LogP contribution in [-0.2, 0) is 0 Å². The van der Waals surface area contributed by atoms with Gasteiger partial charge in [0.15, 0.2) is 0 Å². The average Bonchev–Trinajstić information content (AvgIpc) is 3.13. The number of hydrogen-bond acceptors (Lipinski definition) is 3. The summed E-state index contributed by atoms with van der Waals surface area (Å²) in [5.74, 6) is 0. The van der Waals surface area contributed by atoms with Gasteiger partial charge in [-0.3, -0.25) is 4.99 Å². The summed E-state index contributed by atoms with van der Waals surface area (Å²) >= 11 is 6.42. The first-order chi connectivity index (χ1) is 10.6. The molecule has 4 heteroatoms. The van der Waals surface area contributed by atoms with E-state index < -0.39 is 0 Å². The van der Waals surface area contributed by atoms with Gasteiger partial charge in [0.05, 0.1) is 17.9 Å². The van der Waals surface area contributed by atoms with Crippen molar-refractivity contribution in [2.75, 3.05) is 13.1 Å². The third-order valence-corrected chi connectivity index (χ3v) is 5.07. The third-order valence-electron chi connectivity index (χ3n) is 4.70. The Balaban J connectivity index is 1.67. The van der Waals surface area contributed by atoms with Crippen LogP contribution in [0.5, 0.6) is 0 Å². The number of likely N-dealkylation sites (tertiary alicyclic amines) is 1. The third kappa shape index (κ3) is 3.00. The van der Waals surface area contributed by atoms with Crippen molar-refractivity contribution in [1.29, 1.82) is 0 Å². The Bertz CT molecular complexity index is 579. The number of nitrogens with one attached hydrogen (secondary N) is 1. The van der Waals surface area contributed by atoms with Crippen molar-refractivity contribution in [3.8, 4) is 0 Å². The van der Waals surface area contributed by atoms with Crippen molar-refractivity contribution in [3.05, 3.63) is 46.7 Å². The molecule has 2 heterocycles. The summed E-state index contributed by atoms with van der Waals surface area (Å²) < 4.78 is 0. The summed E-state index contributed by atoms with van der Waals surface area (Å²) in [4.78, 5) is 6.86. The molecule has 2 aliphatic heterocycles. The maximum Gasteiger partial charge on any atom is 0.0978 e. The fraction of sp³-hybridized carbons (Fsp3) is 0.500. The highest BCUT2D eigenvalue weighted by Gasteiger charge is 2.36. The second kappa shape index (κ2) is 6.33. The van der Waals surface area contributed by atoms with E-state index in [0.717, 1.165) is 11.5 Å². The molecule has 0 spiro atoms. The molecule has 2 atom stereocenters. The van der Waals surface area contributed by atoms with E-state index >= 15 is 0 Å². The Kier molecular flexibility index (Phi) is 4.44. The molecule has 0 aromatic heterocycles. The van der Waals surface area contributed by atoms with E-state index in [4.69, 9.17) is 11.6 Å². The maximum absolute atomic E-state index is 6.42. The fourth-order valence-corrected chi connectivity index (χ4v) is 3.59. The molecule has 0 bridgehead atoms. The van der Waals surface area contributed by atoms with Gasteiger partial charge in [-0.2, -0.15) is 0 Å². The molecule has 0 saturated carbocycles. The molecule has 3 rings (SSSR count). The van der Waals surface area contributed by atoms with Crippen LogP contribution in [0.3, 0.4) is 0 Å². The normalized spacial score (nSPS) is 31.3. The lowest BCUT2D eigenvalue weighted by molar-refractivity contribution is 0.439. The van der Waals surface area contributed by atoms with E-state index in [0.29, 0.717) is 0 Å². The quantitative estimate of drug-likeness (QED) is 0.800. The van der Waals surface area contributed by atoms with Gasteiger partial charge >= 0.3 is 0 Å². The first kappa shape index (κ1) is 15.4. The summed E-state index contributed by atoms with van der Waals surface area (Å²) in [6.07, 6.45) is 16.2. The van der Waals surface area contributed by atoms with Crippen molar-refractivity contribution in [2.45, 2.75) is 44.7 Å². The fourth-order valence-electron chi connectivity index (χ4n) is 3.34. The Labute approximate surface area is 138 Å². The minimum Gasteiger partial charge on any atom is -0.372 e. The number of aliphatic imine (C=N–C) groups is 1. The second-order valence-corrected chi connectivity index (χ2v) is 6.76. The molecule has 2 unspecified atom stereocenters. The van der Waals surface area contributed by atoms with Crippen molar-refractivity contribution in [3.63, 3.8) is 0 Å². The van der Waals surface area contributed by atoms with Gasteiger partial charge in [-0.15, -0.1) is 0 Å². The van der Waals surface area contributed by atoms with Crippen LogP contribution in [0.2, 0.25) is 0 Å². The van der Waals surface area contributed by atoms with Crippen molar-refractivity contribution >= 4 is 17.9 Å². The molecule has 0 amide bonds. The molecular formula is C18H24ClN3. The van der Waals surface area contributed by atoms with Crippen LogP contribution in [0, 0.1) is 0 Å². The van der Waals surface area contributed by atoms with E-state index in [1.807, 2.05) is 0 Å². The first-order valence-electron chi connectivity index (χ1n) is 8.09. The zero-order chi connectivity index (χ0) is 15.6. The molecule has 3 nitrogen and oxygen atoms in total. The average molecular weight is 318 g/mol. The lowest BCUT2D eigenvalue weighted by Gasteiger charge is -2.30. The molecule has 0 radical (unpaired) electrons. The van der Waals surface area contributed by atoms with Gasteiger partial charge in [0.2, 0.25) is 0 Å². The smallest absolute Gasteiger partial charge is 0.0978 e. The molecule has 1 N–H and O–H groups in total. The van der Waals surface area contributed by atoms with Crippen LogP contribution in [0.1, 0.15) is 33.1 Å². The van der Waals surface area contributed by atoms with Gasteiger partial charge in [-0.05, 0) is 50.8 Å². The first-order valence-corrected chi connectivity index (χ1v) is 8.47. The van der Waals surface area contributed by atoms with E-state index in [9.17, 15) is 0 Å². The zero-order valence-corrected chi connectivity index (χ0v) is 14.1. The van der Waals surface area contributed by atoms with Gasteiger partial charge in [0, 0.05) is 23.8 Å². The van der Waals surface area contributed by atoms with Crippen LogP contribution in [-0.4, -0.2) is 35.9 Å².